The predicted octanol–water partition coefficient (Wildman–Crippen LogP) is 3.00. The molecule has 4 N–H and O–H groups in total. The quantitative estimate of drug-likeness (QED) is 0.809. The lowest BCUT2D eigenvalue weighted by Gasteiger charge is -2.11. The van der Waals surface area contributed by atoms with Crippen molar-refractivity contribution in [3.8, 4) is 0 Å². The average molecular weight is 308 g/mol. The van der Waals surface area contributed by atoms with E-state index < -0.39 is 0 Å². The van der Waals surface area contributed by atoms with Crippen molar-refractivity contribution in [2.45, 2.75) is 6.92 Å². The highest BCUT2D eigenvalue weighted by atomic mass is 79.9. The summed E-state index contributed by atoms with van der Waals surface area (Å²) >= 11 is 3.39. The van der Waals surface area contributed by atoms with E-state index in [9.17, 15) is 0 Å². The summed E-state index contributed by atoms with van der Waals surface area (Å²) in [6.07, 6.45) is 1.48. The Hall–Kier alpha value is -1.82. The van der Waals surface area contributed by atoms with Gasteiger partial charge >= 0.3 is 0 Å². The van der Waals surface area contributed by atoms with E-state index in [-0.39, 0.29) is 0 Å². The first-order valence-corrected chi connectivity index (χ1v) is 6.37. The lowest BCUT2D eigenvalue weighted by Crippen LogP contribution is -2.07. The number of hydrogen-bond acceptors (Lipinski definition) is 5. The minimum Gasteiger partial charge on any atom is -0.393 e. The number of aromatic nitrogens is 2. The molecule has 0 aliphatic carbocycles. The Morgan fingerprint density at radius 3 is 2.50 bits per heavy atom. The molecule has 0 bridgehead atoms. The number of nitrogens with zero attached hydrogens (tertiary/aromatic N) is 2. The third-order valence-corrected chi connectivity index (χ3v) is 2.86. The van der Waals surface area contributed by atoms with Gasteiger partial charge in [-0.1, -0.05) is 15.9 Å². The van der Waals surface area contributed by atoms with E-state index in [0.717, 1.165) is 16.7 Å². The molecule has 0 saturated carbocycles. The Morgan fingerprint density at radius 1 is 1.17 bits per heavy atom. The molecule has 0 atom stereocenters. The third kappa shape index (κ3) is 2.89. The maximum Gasteiger partial charge on any atom is 0.159 e. The van der Waals surface area contributed by atoms with Gasteiger partial charge in [0.05, 0.1) is 0 Å². The van der Waals surface area contributed by atoms with Crippen LogP contribution >= 0.6 is 15.9 Å². The van der Waals surface area contributed by atoms with Crippen LogP contribution in [0.1, 0.15) is 6.92 Å². The predicted molar refractivity (Wildman–Crippen MR) is 78.0 cm³/mol. The Morgan fingerprint density at radius 2 is 1.83 bits per heavy atom. The lowest BCUT2D eigenvalue weighted by atomic mass is 10.3. The summed E-state index contributed by atoms with van der Waals surface area (Å²) in [7, 11) is 0. The van der Waals surface area contributed by atoms with E-state index in [1.165, 1.54) is 6.33 Å². The van der Waals surface area contributed by atoms with Crippen LogP contribution in [-0.4, -0.2) is 16.5 Å². The molecule has 0 unspecified atom stereocenters. The molecule has 0 aliphatic heterocycles. The van der Waals surface area contributed by atoms with Crippen LogP contribution in [0.3, 0.4) is 0 Å². The number of hydrogen-bond donors (Lipinski definition) is 3. The summed E-state index contributed by atoms with van der Waals surface area (Å²) in [5, 5.41) is 6.25. The van der Waals surface area contributed by atoms with Crippen molar-refractivity contribution in [1.29, 1.82) is 0 Å². The van der Waals surface area contributed by atoms with Gasteiger partial charge in [-0.05, 0) is 31.2 Å². The zero-order valence-corrected chi connectivity index (χ0v) is 11.5. The van der Waals surface area contributed by atoms with Gasteiger partial charge in [0.15, 0.2) is 11.6 Å². The van der Waals surface area contributed by atoms with Gasteiger partial charge in [-0.25, -0.2) is 9.97 Å². The SMILES string of the molecule is CCNc1ncnc(Nc2ccc(Br)cc2)c1N. The maximum atomic E-state index is 5.99. The topological polar surface area (TPSA) is 75.9 Å². The molecule has 18 heavy (non-hydrogen) atoms. The molecular weight excluding hydrogens is 294 g/mol. The van der Waals surface area contributed by atoms with Crippen LogP contribution in [0.25, 0.3) is 0 Å². The van der Waals surface area contributed by atoms with Crippen molar-refractivity contribution in [2.24, 2.45) is 0 Å². The second kappa shape index (κ2) is 5.68. The largest absolute Gasteiger partial charge is 0.393 e. The molecule has 2 rings (SSSR count). The Balaban J connectivity index is 2.23. The first-order valence-electron chi connectivity index (χ1n) is 5.57. The van der Waals surface area contributed by atoms with Crippen LogP contribution in [0.2, 0.25) is 0 Å². The third-order valence-electron chi connectivity index (χ3n) is 2.34. The van der Waals surface area contributed by atoms with E-state index in [2.05, 4.69) is 36.5 Å². The highest BCUT2D eigenvalue weighted by Gasteiger charge is 2.07. The number of benzene rings is 1. The second-order valence-corrected chi connectivity index (χ2v) is 4.56. The summed E-state index contributed by atoms with van der Waals surface area (Å²) in [4.78, 5) is 8.23. The van der Waals surface area contributed by atoms with Crippen molar-refractivity contribution in [2.75, 3.05) is 22.9 Å². The molecular formula is C12H14BrN5. The molecule has 0 spiro atoms. The van der Waals surface area contributed by atoms with Gasteiger partial charge in [-0.2, -0.15) is 0 Å². The zero-order valence-electron chi connectivity index (χ0n) is 9.94. The van der Waals surface area contributed by atoms with Crippen molar-refractivity contribution < 1.29 is 0 Å². The number of anilines is 4. The van der Waals surface area contributed by atoms with Crippen LogP contribution < -0.4 is 16.4 Å². The van der Waals surface area contributed by atoms with Gasteiger partial charge in [-0.3, -0.25) is 0 Å². The van der Waals surface area contributed by atoms with Crippen LogP contribution in [-0.2, 0) is 0 Å². The molecule has 6 heteroatoms. The van der Waals surface area contributed by atoms with Crippen molar-refractivity contribution in [3.63, 3.8) is 0 Å². The van der Waals surface area contributed by atoms with Crippen LogP contribution in [0.5, 0.6) is 0 Å². The average Bonchev–Trinajstić information content (AvgIpc) is 2.37. The number of nitrogen functional groups attached to an aromatic ring is 1. The molecule has 1 aromatic carbocycles. The van der Waals surface area contributed by atoms with Gasteiger partial charge in [0, 0.05) is 16.7 Å². The highest BCUT2D eigenvalue weighted by molar-refractivity contribution is 9.10. The van der Waals surface area contributed by atoms with E-state index in [1.54, 1.807) is 0 Å². The standard InChI is InChI=1S/C12H14BrN5/c1-2-15-11-10(14)12(17-7-16-11)18-9-5-3-8(13)4-6-9/h3-7H,2,14H2,1H3,(H2,15,16,17,18). The highest BCUT2D eigenvalue weighted by Crippen LogP contribution is 2.26. The second-order valence-electron chi connectivity index (χ2n) is 3.65. The molecule has 2 aromatic rings. The molecule has 0 saturated heterocycles. The van der Waals surface area contributed by atoms with E-state index in [1.807, 2.05) is 31.2 Å². The fourth-order valence-corrected chi connectivity index (χ4v) is 1.74. The molecule has 0 radical (unpaired) electrons. The fourth-order valence-electron chi connectivity index (χ4n) is 1.47. The monoisotopic (exact) mass is 307 g/mol. The number of rotatable bonds is 4. The van der Waals surface area contributed by atoms with Gasteiger partial charge in [0.2, 0.25) is 0 Å². The van der Waals surface area contributed by atoms with E-state index in [0.29, 0.717) is 17.3 Å². The minimum absolute atomic E-state index is 0.516. The molecule has 5 nitrogen and oxygen atoms in total. The van der Waals surface area contributed by atoms with Crippen LogP contribution in [0.15, 0.2) is 35.1 Å². The van der Waals surface area contributed by atoms with Gasteiger partial charge < -0.3 is 16.4 Å². The van der Waals surface area contributed by atoms with Gasteiger partial charge in [0.25, 0.3) is 0 Å². The number of halogens is 1. The molecule has 1 aromatic heterocycles. The fraction of sp³-hybridized carbons (Fsp3) is 0.167. The minimum atomic E-state index is 0.516. The molecule has 0 fully saturated rings. The number of nitrogens with two attached hydrogens (primary N) is 1. The number of nitrogens with one attached hydrogen (secondary N) is 2. The zero-order chi connectivity index (χ0) is 13.0. The van der Waals surface area contributed by atoms with E-state index >= 15 is 0 Å². The summed E-state index contributed by atoms with van der Waals surface area (Å²) < 4.78 is 1.03. The summed E-state index contributed by atoms with van der Waals surface area (Å²) in [5.41, 5.74) is 7.43. The van der Waals surface area contributed by atoms with E-state index in [4.69, 9.17) is 5.73 Å². The summed E-state index contributed by atoms with van der Waals surface area (Å²) in [5.74, 6) is 1.25. The first-order chi connectivity index (χ1) is 8.70. The molecule has 94 valence electrons. The van der Waals surface area contributed by atoms with Crippen LogP contribution in [0, 0.1) is 0 Å². The normalized spacial score (nSPS) is 10.1. The Labute approximate surface area is 114 Å². The Kier molecular flexibility index (Phi) is 3.99. The smallest absolute Gasteiger partial charge is 0.159 e. The van der Waals surface area contributed by atoms with Gasteiger partial charge in [0.1, 0.15) is 12.0 Å². The van der Waals surface area contributed by atoms with Gasteiger partial charge in [-0.15, -0.1) is 0 Å². The van der Waals surface area contributed by atoms with Crippen LogP contribution in [0.4, 0.5) is 23.0 Å². The van der Waals surface area contributed by atoms with Crippen molar-refractivity contribution in [3.05, 3.63) is 35.1 Å². The molecule has 1 heterocycles. The first kappa shape index (κ1) is 12.6. The van der Waals surface area contributed by atoms with Crippen molar-refractivity contribution >= 4 is 38.9 Å². The van der Waals surface area contributed by atoms with Crippen molar-refractivity contribution in [1.82, 2.24) is 9.97 Å². The Bertz CT molecular complexity index is 526. The summed E-state index contributed by atoms with van der Waals surface area (Å²) in [6.45, 7) is 2.75. The molecule has 0 amide bonds. The lowest BCUT2D eigenvalue weighted by molar-refractivity contribution is 1.12. The summed E-state index contributed by atoms with van der Waals surface area (Å²) in [6, 6.07) is 7.78. The maximum absolute atomic E-state index is 5.99. The molecule has 0 aliphatic rings.